The Hall–Kier alpha value is -0.620. The molecular weight excluding hydrogens is 226 g/mol. The number of rotatable bonds is 6. The maximum absolute atomic E-state index is 6.17. The zero-order valence-electron chi connectivity index (χ0n) is 9.91. The average molecular weight is 246 g/mol. The van der Waals surface area contributed by atoms with Gasteiger partial charge in [-0.3, -0.25) is 9.58 Å². The van der Waals surface area contributed by atoms with E-state index in [0.717, 1.165) is 30.9 Å². The Kier molecular flexibility index (Phi) is 5.21. The van der Waals surface area contributed by atoms with Crippen LogP contribution in [0.4, 0.5) is 0 Å². The van der Waals surface area contributed by atoms with E-state index in [-0.39, 0.29) is 0 Å². The van der Waals surface area contributed by atoms with E-state index in [1.54, 1.807) is 4.68 Å². The van der Waals surface area contributed by atoms with E-state index in [2.05, 4.69) is 10.00 Å². The first-order valence-corrected chi connectivity index (χ1v) is 5.78. The molecule has 1 aromatic heterocycles. The van der Waals surface area contributed by atoms with Crippen LogP contribution < -0.4 is 11.5 Å². The van der Waals surface area contributed by atoms with Crippen LogP contribution in [0.15, 0.2) is 0 Å². The maximum Gasteiger partial charge on any atom is 0.131 e. The second-order valence-corrected chi connectivity index (χ2v) is 4.19. The average Bonchev–Trinajstić information content (AvgIpc) is 2.46. The molecule has 0 fully saturated rings. The minimum absolute atomic E-state index is 0.622. The molecule has 0 aliphatic carbocycles. The number of aryl methyl sites for hydroxylation is 2. The fourth-order valence-electron chi connectivity index (χ4n) is 1.71. The summed E-state index contributed by atoms with van der Waals surface area (Å²) in [6.07, 6.45) is 0. The Labute approximate surface area is 101 Å². The van der Waals surface area contributed by atoms with Crippen molar-refractivity contribution >= 4 is 11.6 Å². The SMILES string of the molecule is Cc1nn(C)c(Cl)c1CN(CCN)CCN. The van der Waals surface area contributed by atoms with E-state index < -0.39 is 0 Å². The highest BCUT2D eigenvalue weighted by molar-refractivity contribution is 6.30. The predicted molar refractivity (Wildman–Crippen MR) is 66.3 cm³/mol. The second kappa shape index (κ2) is 6.20. The van der Waals surface area contributed by atoms with Gasteiger partial charge in [-0.2, -0.15) is 5.10 Å². The van der Waals surface area contributed by atoms with Crippen molar-refractivity contribution in [1.29, 1.82) is 0 Å². The first-order chi connectivity index (χ1) is 7.60. The quantitative estimate of drug-likeness (QED) is 0.746. The highest BCUT2D eigenvalue weighted by atomic mass is 35.5. The molecule has 0 aliphatic heterocycles. The van der Waals surface area contributed by atoms with Gasteiger partial charge in [0.15, 0.2) is 0 Å². The number of halogens is 1. The van der Waals surface area contributed by atoms with E-state index in [0.29, 0.717) is 18.2 Å². The lowest BCUT2D eigenvalue weighted by atomic mass is 10.2. The van der Waals surface area contributed by atoms with Crippen molar-refractivity contribution in [2.45, 2.75) is 13.5 Å². The fourth-order valence-corrected chi connectivity index (χ4v) is 1.95. The van der Waals surface area contributed by atoms with E-state index >= 15 is 0 Å². The van der Waals surface area contributed by atoms with Crippen LogP contribution in [-0.2, 0) is 13.6 Å². The van der Waals surface area contributed by atoms with E-state index in [9.17, 15) is 0 Å². The summed E-state index contributed by atoms with van der Waals surface area (Å²) >= 11 is 6.17. The van der Waals surface area contributed by atoms with Crippen molar-refractivity contribution in [2.24, 2.45) is 18.5 Å². The van der Waals surface area contributed by atoms with Crippen LogP contribution in [-0.4, -0.2) is 40.9 Å². The van der Waals surface area contributed by atoms with Crippen LogP contribution in [0.25, 0.3) is 0 Å². The van der Waals surface area contributed by atoms with Gasteiger partial charge >= 0.3 is 0 Å². The van der Waals surface area contributed by atoms with Gasteiger partial charge in [0.2, 0.25) is 0 Å². The van der Waals surface area contributed by atoms with Crippen molar-refractivity contribution in [3.05, 3.63) is 16.4 Å². The van der Waals surface area contributed by atoms with Gasteiger partial charge in [0.25, 0.3) is 0 Å². The Bertz CT molecular complexity index is 330. The zero-order valence-corrected chi connectivity index (χ0v) is 10.7. The van der Waals surface area contributed by atoms with Gasteiger partial charge in [0, 0.05) is 45.3 Å². The van der Waals surface area contributed by atoms with E-state index in [1.807, 2.05) is 14.0 Å². The molecule has 0 aliphatic rings. The zero-order chi connectivity index (χ0) is 12.1. The number of hydrogen-bond acceptors (Lipinski definition) is 4. The summed E-state index contributed by atoms with van der Waals surface area (Å²) in [5.74, 6) is 0. The summed E-state index contributed by atoms with van der Waals surface area (Å²) in [4.78, 5) is 2.19. The third-order valence-corrected chi connectivity index (χ3v) is 3.01. The van der Waals surface area contributed by atoms with Gasteiger partial charge in [-0.05, 0) is 6.92 Å². The molecule has 6 heteroatoms. The number of nitrogens with two attached hydrogens (primary N) is 2. The number of aromatic nitrogens is 2. The maximum atomic E-state index is 6.17. The molecule has 0 amide bonds. The lowest BCUT2D eigenvalue weighted by Crippen LogP contribution is -2.33. The largest absolute Gasteiger partial charge is 0.329 e. The highest BCUT2D eigenvalue weighted by Crippen LogP contribution is 2.20. The molecule has 5 nitrogen and oxygen atoms in total. The summed E-state index contributed by atoms with van der Waals surface area (Å²) in [7, 11) is 1.84. The third kappa shape index (κ3) is 3.18. The Morgan fingerprint density at radius 3 is 2.25 bits per heavy atom. The predicted octanol–water partition coefficient (Wildman–Crippen LogP) is 0.101. The lowest BCUT2D eigenvalue weighted by molar-refractivity contribution is 0.280. The second-order valence-electron chi connectivity index (χ2n) is 3.83. The molecule has 0 radical (unpaired) electrons. The molecular formula is C10H20ClN5. The highest BCUT2D eigenvalue weighted by Gasteiger charge is 2.14. The minimum atomic E-state index is 0.622. The Morgan fingerprint density at radius 1 is 1.31 bits per heavy atom. The van der Waals surface area contributed by atoms with Gasteiger partial charge in [-0.1, -0.05) is 11.6 Å². The molecule has 4 N–H and O–H groups in total. The molecule has 1 aromatic rings. The third-order valence-electron chi connectivity index (χ3n) is 2.54. The van der Waals surface area contributed by atoms with Crippen LogP contribution in [0, 0.1) is 6.92 Å². The number of hydrogen-bond donors (Lipinski definition) is 2. The topological polar surface area (TPSA) is 73.1 Å². The van der Waals surface area contributed by atoms with Crippen molar-refractivity contribution in [1.82, 2.24) is 14.7 Å². The van der Waals surface area contributed by atoms with Crippen LogP contribution in [0.2, 0.25) is 5.15 Å². The molecule has 0 bridgehead atoms. The molecule has 16 heavy (non-hydrogen) atoms. The molecule has 1 heterocycles. The Balaban J connectivity index is 2.76. The van der Waals surface area contributed by atoms with Gasteiger partial charge in [0.05, 0.1) is 5.69 Å². The molecule has 0 unspecified atom stereocenters. The lowest BCUT2D eigenvalue weighted by Gasteiger charge is -2.20. The standard InChI is InChI=1S/C10H20ClN5/c1-8-9(10(11)15(2)14-8)7-16(5-3-12)6-4-13/h3-7,12-13H2,1-2H3. The van der Waals surface area contributed by atoms with Crippen LogP contribution in [0.1, 0.15) is 11.3 Å². The summed E-state index contributed by atoms with van der Waals surface area (Å²) in [6, 6.07) is 0. The van der Waals surface area contributed by atoms with Gasteiger partial charge in [-0.15, -0.1) is 0 Å². The van der Waals surface area contributed by atoms with Crippen molar-refractivity contribution in [3.63, 3.8) is 0 Å². The van der Waals surface area contributed by atoms with Gasteiger partial charge < -0.3 is 11.5 Å². The summed E-state index contributed by atoms with van der Waals surface area (Å²) in [5.41, 5.74) is 13.1. The molecule has 0 atom stereocenters. The molecule has 0 spiro atoms. The van der Waals surface area contributed by atoms with E-state index in [4.69, 9.17) is 23.1 Å². The van der Waals surface area contributed by atoms with Crippen molar-refractivity contribution < 1.29 is 0 Å². The molecule has 92 valence electrons. The molecule has 1 rings (SSSR count). The smallest absolute Gasteiger partial charge is 0.131 e. The van der Waals surface area contributed by atoms with Crippen LogP contribution in [0.3, 0.4) is 0 Å². The van der Waals surface area contributed by atoms with Gasteiger partial charge in [0.1, 0.15) is 5.15 Å². The number of nitrogens with zero attached hydrogens (tertiary/aromatic N) is 3. The molecule has 0 saturated carbocycles. The minimum Gasteiger partial charge on any atom is -0.329 e. The summed E-state index contributed by atoms with van der Waals surface area (Å²) < 4.78 is 1.69. The van der Waals surface area contributed by atoms with Crippen LogP contribution in [0.5, 0.6) is 0 Å². The Morgan fingerprint density at radius 2 is 1.88 bits per heavy atom. The monoisotopic (exact) mass is 245 g/mol. The first-order valence-electron chi connectivity index (χ1n) is 5.40. The molecule has 0 aromatic carbocycles. The van der Waals surface area contributed by atoms with Gasteiger partial charge in [-0.25, -0.2) is 0 Å². The fraction of sp³-hybridized carbons (Fsp3) is 0.700. The van der Waals surface area contributed by atoms with Crippen LogP contribution >= 0.6 is 11.6 Å². The first kappa shape index (κ1) is 13.4. The van der Waals surface area contributed by atoms with Crippen molar-refractivity contribution in [2.75, 3.05) is 26.2 Å². The summed E-state index contributed by atoms with van der Waals surface area (Å²) in [5, 5.41) is 4.97. The normalized spacial score (nSPS) is 11.4. The molecule has 0 saturated heterocycles. The summed E-state index contributed by atoms with van der Waals surface area (Å²) in [6.45, 7) is 5.61. The van der Waals surface area contributed by atoms with E-state index in [1.165, 1.54) is 0 Å². The van der Waals surface area contributed by atoms with Crippen molar-refractivity contribution in [3.8, 4) is 0 Å².